The summed E-state index contributed by atoms with van der Waals surface area (Å²) in [5.41, 5.74) is 1.47. The zero-order valence-electron chi connectivity index (χ0n) is 16.5. The minimum Gasteiger partial charge on any atom is -0.467 e. The van der Waals surface area contributed by atoms with Gasteiger partial charge in [-0.2, -0.15) is 0 Å². The summed E-state index contributed by atoms with van der Waals surface area (Å²) in [5.74, 6) is 0.878. The summed E-state index contributed by atoms with van der Waals surface area (Å²) in [4.78, 5) is 29.5. The molecule has 1 amide bonds. The van der Waals surface area contributed by atoms with Crippen molar-refractivity contribution in [1.29, 1.82) is 0 Å². The van der Waals surface area contributed by atoms with Crippen LogP contribution in [0, 0.1) is 6.92 Å². The molecule has 4 aromatic rings. The highest BCUT2D eigenvalue weighted by Crippen LogP contribution is 2.26. The van der Waals surface area contributed by atoms with Gasteiger partial charge in [-0.1, -0.05) is 18.2 Å². The maximum atomic E-state index is 12.8. The van der Waals surface area contributed by atoms with E-state index >= 15 is 0 Å². The Kier molecular flexibility index (Phi) is 5.34. The summed E-state index contributed by atoms with van der Waals surface area (Å²) in [6.07, 6.45) is 1.53. The van der Waals surface area contributed by atoms with E-state index < -0.39 is 18.5 Å². The molecule has 3 aromatic heterocycles. The van der Waals surface area contributed by atoms with E-state index in [2.05, 4.69) is 10.3 Å². The molecule has 30 heavy (non-hydrogen) atoms. The van der Waals surface area contributed by atoms with E-state index in [1.807, 2.05) is 31.2 Å². The third-order valence-corrected chi connectivity index (χ3v) is 4.61. The monoisotopic (exact) mass is 404 g/mol. The van der Waals surface area contributed by atoms with Gasteiger partial charge in [0.1, 0.15) is 17.2 Å². The van der Waals surface area contributed by atoms with Crippen molar-refractivity contribution in [2.45, 2.75) is 19.9 Å². The Balaban J connectivity index is 1.53. The van der Waals surface area contributed by atoms with Gasteiger partial charge >= 0.3 is 5.97 Å². The van der Waals surface area contributed by atoms with Gasteiger partial charge in [0.05, 0.1) is 23.4 Å². The SMILES string of the molecule is Cc1ccc(-c2cc(C(=O)OCC(=O)N[C@@H](C)c3ccco3)c3ccccc3n2)o1. The number of pyridine rings is 1. The van der Waals surface area contributed by atoms with E-state index in [-0.39, 0.29) is 6.04 Å². The fraction of sp³-hybridized carbons (Fsp3) is 0.174. The van der Waals surface area contributed by atoms with Crippen LogP contribution >= 0.6 is 0 Å². The van der Waals surface area contributed by atoms with Crippen molar-refractivity contribution < 1.29 is 23.2 Å². The van der Waals surface area contributed by atoms with Crippen LogP contribution in [-0.4, -0.2) is 23.5 Å². The van der Waals surface area contributed by atoms with Gasteiger partial charge in [-0.15, -0.1) is 0 Å². The number of hydrogen-bond acceptors (Lipinski definition) is 6. The summed E-state index contributed by atoms with van der Waals surface area (Å²) in [6.45, 7) is 3.21. The molecule has 0 aliphatic carbocycles. The molecule has 7 heteroatoms. The Morgan fingerprint density at radius 2 is 1.97 bits per heavy atom. The first kappa shape index (κ1) is 19.4. The number of aryl methyl sites for hydroxylation is 1. The van der Waals surface area contributed by atoms with E-state index in [1.54, 1.807) is 37.3 Å². The Morgan fingerprint density at radius 1 is 1.13 bits per heavy atom. The van der Waals surface area contributed by atoms with Crippen LogP contribution in [0.3, 0.4) is 0 Å². The number of nitrogens with zero attached hydrogens (tertiary/aromatic N) is 1. The van der Waals surface area contributed by atoms with Crippen molar-refractivity contribution >= 4 is 22.8 Å². The number of furan rings is 2. The number of rotatable bonds is 6. The standard InChI is InChI=1S/C23H20N2O5/c1-14-9-10-21(30-14)19-12-17(16-6-3-4-7-18(16)25-19)23(27)29-13-22(26)24-15(2)20-8-5-11-28-20/h3-12,15H,13H2,1-2H3,(H,24,26)/t15-/m0/s1. The highest BCUT2D eigenvalue weighted by atomic mass is 16.5. The van der Waals surface area contributed by atoms with Crippen molar-refractivity contribution in [1.82, 2.24) is 10.3 Å². The van der Waals surface area contributed by atoms with Crippen LogP contribution in [0.5, 0.6) is 0 Å². The minimum absolute atomic E-state index is 0.316. The Hall–Kier alpha value is -3.87. The van der Waals surface area contributed by atoms with Gasteiger partial charge < -0.3 is 18.9 Å². The molecule has 0 saturated heterocycles. The lowest BCUT2D eigenvalue weighted by atomic mass is 10.1. The lowest BCUT2D eigenvalue weighted by Gasteiger charge is -2.12. The molecule has 1 atom stereocenters. The van der Waals surface area contributed by atoms with Gasteiger partial charge in [0, 0.05) is 5.39 Å². The van der Waals surface area contributed by atoms with E-state index in [0.29, 0.717) is 33.7 Å². The lowest BCUT2D eigenvalue weighted by molar-refractivity contribution is -0.125. The van der Waals surface area contributed by atoms with Crippen molar-refractivity contribution in [2.75, 3.05) is 6.61 Å². The average Bonchev–Trinajstić information content (AvgIpc) is 3.43. The Bertz CT molecular complexity index is 1190. The van der Waals surface area contributed by atoms with Crippen LogP contribution in [0.25, 0.3) is 22.4 Å². The summed E-state index contributed by atoms with van der Waals surface area (Å²) in [5, 5.41) is 3.37. The molecule has 0 aliphatic heterocycles. The van der Waals surface area contributed by atoms with E-state index in [4.69, 9.17) is 13.6 Å². The first-order chi connectivity index (χ1) is 14.5. The molecule has 0 saturated carbocycles. The highest BCUT2D eigenvalue weighted by molar-refractivity contribution is 6.05. The first-order valence-electron chi connectivity index (χ1n) is 9.48. The second kappa shape index (κ2) is 8.24. The smallest absolute Gasteiger partial charge is 0.339 e. The second-order valence-electron chi connectivity index (χ2n) is 6.86. The van der Waals surface area contributed by atoms with Gasteiger partial charge in [0.15, 0.2) is 12.4 Å². The lowest BCUT2D eigenvalue weighted by Crippen LogP contribution is -2.31. The number of nitrogens with one attached hydrogen (secondary N) is 1. The van der Waals surface area contributed by atoms with Crippen molar-refractivity contribution in [3.05, 3.63) is 77.9 Å². The number of aromatic nitrogens is 1. The summed E-state index contributed by atoms with van der Waals surface area (Å²) in [6, 6.07) is 15.7. The first-order valence-corrected chi connectivity index (χ1v) is 9.48. The zero-order chi connectivity index (χ0) is 21.1. The molecular formula is C23H20N2O5. The molecule has 7 nitrogen and oxygen atoms in total. The summed E-state index contributed by atoms with van der Waals surface area (Å²) >= 11 is 0. The molecule has 0 bridgehead atoms. The topological polar surface area (TPSA) is 94.6 Å². The molecule has 0 spiro atoms. The molecular weight excluding hydrogens is 384 g/mol. The van der Waals surface area contributed by atoms with Gasteiger partial charge in [0.25, 0.3) is 5.91 Å². The van der Waals surface area contributed by atoms with Gasteiger partial charge in [0.2, 0.25) is 0 Å². The van der Waals surface area contributed by atoms with Gasteiger partial charge in [-0.25, -0.2) is 9.78 Å². The van der Waals surface area contributed by atoms with Crippen molar-refractivity contribution in [3.8, 4) is 11.5 Å². The number of benzene rings is 1. The molecule has 3 heterocycles. The zero-order valence-corrected chi connectivity index (χ0v) is 16.5. The molecule has 4 rings (SSSR count). The number of esters is 1. The minimum atomic E-state index is -0.612. The number of fused-ring (bicyclic) bond motifs is 1. The summed E-state index contributed by atoms with van der Waals surface area (Å²) in [7, 11) is 0. The van der Waals surface area contributed by atoms with Crippen LogP contribution < -0.4 is 5.32 Å². The number of carbonyl (C=O) groups excluding carboxylic acids is 2. The third-order valence-electron chi connectivity index (χ3n) is 4.61. The summed E-state index contributed by atoms with van der Waals surface area (Å²) < 4.78 is 16.2. The van der Waals surface area contributed by atoms with Crippen molar-refractivity contribution in [3.63, 3.8) is 0 Å². The molecule has 1 N–H and O–H groups in total. The fourth-order valence-corrected chi connectivity index (χ4v) is 3.14. The van der Waals surface area contributed by atoms with Crippen LogP contribution in [0.15, 0.2) is 69.7 Å². The number of carbonyl (C=O) groups is 2. The number of para-hydroxylation sites is 1. The second-order valence-corrected chi connectivity index (χ2v) is 6.86. The molecule has 152 valence electrons. The highest BCUT2D eigenvalue weighted by Gasteiger charge is 2.18. The van der Waals surface area contributed by atoms with Crippen LogP contribution in [-0.2, 0) is 9.53 Å². The molecule has 0 unspecified atom stereocenters. The van der Waals surface area contributed by atoms with Gasteiger partial charge in [-0.05, 0) is 50.2 Å². The van der Waals surface area contributed by atoms with Crippen molar-refractivity contribution in [2.24, 2.45) is 0 Å². The molecule has 1 aromatic carbocycles. The normalized spacial score (nSPS) is 11.9. The van der Waals surface area contributed by atoms with E-state index in [1.165, 1.54) is 6.26 Å². The van der Waals surface area contributed by atoms with Crippen LogP contribution in [0.4, 0.5) is 0 Å². The van der Waals surface area contributed by atoms with E-state index in [0.717, 1.165) is 5.76 Å². The Morgan fingerprint density at radius 3 is 2.70 bits per heavy atom. The number of hydrogen-bond donors (Lipinski definition) is 1. The Labute approximate surface area is 172 Å². The molecule has 0 fully saturated rings. The molecule has 0 radical (unpaired) electrons. The predicted octanol–water partition coefficient (Wildman–Crippen LogP) is 4.43. The number of ether oxygens (including phenoxy) is 1. The van der Waals surface area contributed by atoms with E-state index in [9.17, 15) is 9.59 Å². The molecule has 0 aliphatic rings. The quantitative estimate of drug-likeness (QED) is 0.478. The third kappa shape index (κ3) is 4.10. The van der Waals surface area contributed by atoms with Crippen LogP contribution in [0.1, 0.15) is 34.8 Å². The largest absolute Gasteiger partial charge is 0.467 e. The average molecular weight is 404 g/mol. The fourth-order valence-electron chi connectivity index (χ4n) is 3.14. The maximum Gasteiger partial charge on any atom is 0.339 e. The van der Waals surface area contributed by atoms with Gasteiger partial charge in [-0.3, -0.25) is 4.79 Å². The predicted molar refractivity (Wildman–Crippen MR) is 110 cm³/mol. The maximum absolute atomic E-state index is 12.8. The number of amides is 1. The van der Waals surface area contributed by atoms with Crippen LogP contribution in [0.2, 0.25) is 0 Å².